The number of aliphatic imine (C=N–C) groups is 1. The second-order valence-electron chi connectivity index (χ2n) is 7.16. The largest absolute Gasteiger partial charge is 0.508 e. The Labute approximate surface area is 192 Å². The standard InChI is InChI=1S/C20H34N4O3S.HI/c1-3-16-28(26,27)24-14-11-18(12-15-24)23-20(21-4-2)22-13-5-6-17-7-9-19(25)10-8-17;/h7-10,18,25H,3-6,11-16H2,1-2H3,(H2,21,22,23);1H. The number of nitrogens with one attached hydrogen (secondary N) is 2. The summed E-state index contributed by atoms with van der Waals surface area (Å²) in [6.07, 6.45) is 4.08. The van der Waals surface area contributed by atoms with E-state index in [4.69, 9.17) is 0 Å². The van der Waals surface area contributed by atoms with Crippen LogP contribution in [0.2, 0.25) is 0 Å². The lowest BCUT2D eigenvalue weighted by Gasteiger charge is -2.32. The van der Waals surface area contributed by atoms with Crippen molar-refractivity contribution >= 4 is 40.0 Å². The van der Waals surface area contributed by atoms with Gasteiger partial charge in [-0.3, -0.25) is 4.99 Å². The normalized spacial score (nSPS) is 16.3. The zero-order chi connectivity index (χ0) is 20.4. The number of rotatable bonds is 9. The highest BCUT2D eigenvalue weighted by molar-refractivity contribution is 14.0. The van der Waals surface area contributed by atoms with E-state index in [0.717, 1.165) is 38.2 Å². The molecule has 0 amide bonds. The number of benzene rings is 1. The number of halogens is 1. The van der Waals surface area contributed by atoms with Crippen molar-refractivity contribution in [2.75, 3.05) is 31.9 Å². The minimum Gasteiger partial charge on any atom is -0.508 e. The number of phenolic OH excluding ortho intramolecular Hbond substituents is 1. The fourth-order valence-corrected chi connectivity index (χ4v) is 4.86. The molecule has 29 heavy (non-hydrogen) atoms. The molecule has 0 atom stereocenters. The van der Waals surface area contributed by atoms with Crippen molar-refractivity contribution in [3.63, 3.8) is 0 Å². The van der Waals surface area contributed by atoms with Crippen LogP contribution in [0.1, 0.15) is 45.1 Å². The van der Waals surface area contributed by atoms with Gasteiger partial charge in [-0.1, -0.05) is 19.1 Å². The number of aryl methyl sites for hydroxylation is 1. The Morgan fingerprint density at radius 3 is 2.45 bits per heavy atom. The average molecular weight is 538 g/mol. The van der Waals surface area contributed by atoms with Crippen LogP contribution in [0.25, 0.3) is 0 Å². The summed E-state index contributed by atoms with van der Waals surface area (Å²) in [5.41, 5.74) is 1.19. The molecule has 1 aliphatic heterocycles. The van der Waals surface area contributed by atoms with Crippen molar-refractivity contribution in [2.45, 2.75) is 52.0 Å². The predicted octanol–water partition coefficient (Wildman–Crippen LogP) is 2.70. The molecule has 9 heteroatoms. The second-order valence-corrected chi connectivity index (χ2v) is 9.25. The number of phenols is 1. The van der Waals surface area contributed by atoms with Gasteiger partial charge in [0.25, 0.3) is 0 Å². The van der Waals surface area contributed by atoms with Crippen LogP contribution in [-0.2, 0) is 16.4 Å². The van der Waals surface area contributed by atoms with Gasteiger partial charge in [0, 0.05) is 32.2 Å². The molecule has 0 spiro atoms. The van der Waals surface area contributed by atoms with Crippen molar-refractivity contribution in [1.82, 2.24) is 14.9 Å². The molecule has 1 fully saturated rings. The number of piperidine rings is 1. The van der Waals surface area contributed by atoms with E-state index in [-0.39, 0.29) is 41.5 Å². The van der Waals surface area contributed by atoms with Crippen LogP contribution >= 0.6 is 24.0 Å². The average Bonchev–Trinajstić information content (AvgIpc) is 2.67. The maximum Gasteiger partial charge on any atom is 0.214 e. The maximum atomic E-state index is 12.2. The molecule has 1 aromatic carbocycles. The first-order valence-corrected chi connectivity index (χ1v) is 11.9. The predicted molar refractivity (Wildman–Crippen MR) is 130 cm³/mol. The Balaban J connectivity index is 0.00000420. The van der Waals surface area contributed by atoms with Crippen LogP contribution < -0.4 is 10.6 Å². The lowest BCUT2D eigenvalue weighted by atomic mass is 10.1. The van der Waals surface area contributed by atoms with E-state index in [1.165, 1.54) is 5.56 Å². The highest BCUT2D eigenvalue weighted by Gasteiger charge is 2.27. The summed E-state index contributed by atoms with van der Waals surface area (Å²) in [6.45, 7) is 6.56. The summed E-state index contributed by atoms with van der Waals surface area (Å²) in [5.74, 6) is 1.31. The molecule has 0 saturated carbocycles. The van der Waals surface area contributed by atoms with Crippen LogP contribution in [0, 0.1) is 0 Å². The van der Waals surface area contributed by atoms with Crippen LogP contribution in [0.15, 0.2) is 29.3 Å². The minimum atomic E-state index is -3.10. The van der Waals surface area contributed by atoms with Crippen molar-refractivity contribution in [3.05, 3.63) is 29.8 Å². The van der Waals surface area contributed by atoms with Crippen molar-refractivity contribution in [3.8, 4) is 5.75 Å². The van der Waals surface area contributed by atoms with Crippen LogP contribution in [0.4, 0.5) is 0 Å². The van der Waals surface area contributed by atoms with Gasteiger partial charge in [0.1, 0.15) is 5.75 Å². The molecule has 1 heterocycles. The molecule has 166 valence electrons. The van der Waals surface area contributed by atoms with Gasteiger partial charge < -0.3 is 15.7 Å². The summed E-state index contributed by atoms with van der Waals surface area (Å²) in [4.78, 5) is 4.65. The lowest BCUT2D eigenvalue weighted by Crippen LogP contribution is -2.50. The van der Waals surface area contributed by atoms with Crippen LogP contribution in [0.3, 0.4) is 0 Å². The van der Waals surface area contributed by atoms with E-state index in [1.54, 1.807) is 16.4 Å². The minimum absolute atomic E-state index is 0. The second kappa shape index (κ2) is 13.3. The number of hydrogen-bond donors (Lipinski definition) is 3. The third-order valence-electron chi connectivity index (χ3n) is 4.82. The SMILES string of the molecule is CCCS(=O)(=O)N1CCC(NC(=NCCCc2ccc(O)cc2)NCC)CC1.I. The van der Waals surface area contributed by atoms with Gasteiger partial charge in [-0.05, 0) is 56.7 Å². The zero-order valence-corrected chi connectivity index (χ0v) is 20.6. The van der Waals surface area contributed by atoms with Gasteiger partial charge in [0.05, 0.1) is 5.75 Å². The number of hydrogen-bond acceptors (Lipinski definition) is 4. The molecule has 7 nitrogen and oxygen atoms in total. The molecule has 0 unspecified atom stereocenters. The first-order chi connectivity index (χ1) is 13.4. The topological polar surface area (TPSA) is 94.0 Å². The first-order valence-electron chi connectivity index (χ1n) is 10.2. The van der Waals surface area contributed by atoms with Gasteiger partial charge in [-0.15, -0.1) is 24.0 Å². The molecule has 0 aliphatic carbocycles. The fraction of sp³-hybridized carbons (Fsp3) is 0.650. The molecular formula is C20H35IN4O3S. The summed E-state index contributed by atoms with van der Waals surface area (Å²) >= 11 is 0. The van der Waals surface area contributed by atoms with Gasteiger partial charge in [0.15, 0.2) is 5.96 Å². The molecule has 3 N–H and O–H groups in total. The monoisotopic (exact) mass is 538 g/mol. The van der Waals surface area contributed by atoms with E-state index in [0.29, 0.717) is 26.1 Å². The number of aromatic hydroxyl groups is 1. The number of nitrogens with zero attached hydrogens (tertiary/aromatic N) is 2. The van der Waals surface area contributed by atoms with Gasteiger partial charge in [0.2, 0.25) is 10.0 Å². The highest BCUT2D eigenvalue weighted by Crippen LogP contribution is 2.15. The van der Waals surface area contributed by atoms with Gasteiger partial charge in [-0.25, -0.2) is 12.7 Å². The molecule has 1 aliphatic rings. The van der Waals surface area contributed by atoms with E-state index in [2.05, 4.69) is 15.6 Å². The summed E-state index contributed by atoms with van der Waals surface area (Å²) in [6, 6.07) is 7.52. The van der Waals surface area contributed by atoms with E-state index >= 15 is 0 Å². The molecule has 2 rings (SSSR count). The fourth-order valence-electron chi connectivity index (χ4n) is 3.32. The Morgan fingerprint density at radius 1 is 1.21 bits per heavy atom. The van der Waals surface area contributed by atoms with Crippen LogP contribution in [-0.4, -0.2) is 61.8 Å². The van der Waals surface area contributed by atoms with E-state index in [9.17, 15) is 13.5 Å². The zero-order valence-electron chi connectivity index (χ0n) is 17.4. The molecule has 1 aromatic rings. The van der Waals surface area contributed by atoms with Gasteiger partial charge in [-0.2, -0.15) is 0 Å². The lowest BCUT2D eigenvalue weighted by molar-refractivity contribution is 0.306. The molecule has 0 radical (unpaired) electrons. The molecular weight excluding hydrogens is 503 g/mol. The first kappa shape index (κ1) is 26.0. The number of sulfonamides is 1. The summed E-state index contributed by atoms with van der Waals surface area (Å²) in [5, 5.41) is 16.1. The third kappa shape index (κ3) is 9.08. The van der Waals surface area contributed by atoms with Gasteiger partial charge >= 0.3 is 0 Å². The van der Waals surface area contributed by atoms with Crippen LogP contribution in [0.5, 0.6) is 5.75 Å². The third-order valence-corrected chi connectivity index (χ3v) is 6.90. The quantitative estimate of drug-likeness (QED) is 0.195. The molecule has 0 aromatic heterocycles. The Morgan fingerprint density at radius 2 is 1.86 bits per heavy atom. The van der Waals surface area contributed by atoms with E-state index in [1.807, 2.05) is 26.0 Å². The van der Waals surface area contributed by atoms with Crippen molar-refractivity contribution < 1.29 is 13.5 Å². The highest BCUT2D eigenvalue weighted by atomic mass is 127. The Kier molecular flexibility index (Phi) is 11.9. The number of guanidine groups is 1. The molecule has 1 saturated heterocycles. The summed E-state index contributed by atoms with van der Waals surface area (Å²) < 4.78 is 26.0. The molecule has 0 bridgehead atoms. The van der Waals surface area contributed by atoms with Crippen molar-refractivity contribution in [2.24, 2.45) is 4.99 Å². The Bertz CT molecular complexity index is 718. The Hall–Kier alpha value is -1.07. The van der Waals surface area contributed by atoms with Crippen molar-refractivity contribution in [1.29, 1.82) is 0 Å². The van der Waals surface area contributed by atoms with E-state index < -0.39 is 10.0 Å². The smallest absolute Gasteiger partial charge is 0.214 e. The maximum absolute atomic E-state index is 12.2. The summed E-state index contributed by atoms with van der Waals surface area (Å²) in [7, 11) is -3.10.